The molecular formula is C22H17Cl2N7O4. The number of nitrogens with one attached hydrogen (secondary N) is 3. The second kappa shape index (κ2) is 10.4. The molecule has 4 aromatic rings. The lowest BCUT2D eigenvalue weighted by atomic mass is 10.1. The van der Waals surface area contributed by atoms with Crippen LogP contribution in [-0.2, 0) is 4.79 Å². The molecule has 0 aliphatic rings. The van der Waals surface area contributed by atoms with Crippen molar-refractivity contribution < 1.29 is 14.5 Å². The van der Waals surface area contributed by atoms with Crippen molar-refractivity contribution in [2.45, 2.75) is 6.92 Å². The number of ether oxygens (including phenoxy) is 1. The number of para-hydroxylation sites is 1. The van der Waals surface area contributed by atoms with Crippen LogP contribution in [0.15, 0.2) is 54.9 Å². The summed E-state index contributed by atoms with van der Waals surface area (Å²) in [6.45, 7) is 1.43. The number of aromatic nitrogens is 3. The highest BCUT2D eigenvalue weighted by Crippen LogP contribution is 2.33. The number of nitro groups is 1. The van der Waals surface area contributed by atoms with Gasteiger partial charge in [-0.2, -0.15) is 0 Å². The van der Waals surface area contributed by atoms with E-state index in [1.807, 2.05) is 25.1 Å². The molecule has 11 nitrogen and oxygen atoms in total. The normalized spacial score (nSPS) is 10.6. The van der Waals surface area contributed by atoms with Crippen molar-refractivity contribution in [3.05, 3.63) is 80.7 Å². The molecule has 0 aliphatic carbocycles. The Morgan fingerprint density at radius 2 is 1.91 bits per heavy atom. The Labute approximate surface area is 208 Å². The van der Waals surface area contributed by atoms with Gasteiger partial charge >= 0.3 is 5.69 Å². The molecule has 178 valence electrons. The van der Waals surface area contributed by atoms with Crippen LogP contribution in [0.2, 0.25) is 10.0 Å². The molecule has 0 fully saturated rings. The molecule has 0 bridgehead atoms. The Bertz CT molecular complexity index is 1430. The van der Waals surface area contributed by atoms with Crippen LogP contribution in [0.3, 0.4) is 0 Å². The maximum Gasteiger partial charge on any atom is 0.355 e. The van der Waals surface area contributed by atoms with Gasteiger partial charge in [0.25, 0.3) is 5.91 Å². The number of hydrogen-bond donors (Lipinski definition) is 3. The highest BCUT2D eigenvalue weighted by atomic mass is 35.5. The second-order valence-corrected chi connectivity index (χ2v) is 8.01. The van der Waals surface area contributed by atoms with E-state index in [2.05, 4.69) is 31.1 Å². The Balaban J connectivity index is 1.50. The maximum absolute atomic E-state index is 12.2. The van der Waals surface area contributed by atoms with Crippen molar-refractivity contribution in [3.63, 3.8) is 0 Å². The van der Waals surface area contributed by atoms with E-state index in [-0.39, 0.29) is 22.4 Å². The van der Waals surface area contributed by atoms with Gasteiger partial charge in [0, 0.05) is 16.1 Å². The monoisotopic (exact) mass is 513 g/mol. The second-order valence-electron chi connectivity index (χ2n) is 7.17. The molecule has 35 heavy (non-hydrogen) atoms. The Hall–Kier alpha value is -4.22. The first-order valence-corrected chi connectivity index (χ1v) is 10.8. The summed E-state index contributed by atoms with van der Waals surface area (Å²) in [5.41, 5.74) is 6.22. The fourth-order valence-corrected chi connectivity index (χ4v) is 3.57. The number of benzene rings is 2. The molecule has 2 aromatic heterocycles. The minimum atomic E-state index is -0.662. The van der Waals surface area contributed by atoms with E-state index in [0.29, 0.717) is 16.2 Å². The molecule has 1 amide bonds. The van der Waals surface area contributed by atoms with Gasteiger partial charge in [-0.3, -0.25) is 30.7 Å². The Morgan fingerprint density at radius 3 is 2.69 bits per heavy atom. The zero-order chi connectivity index (χ0) is 24.9. The molecule has 0 radical (unpaired) electrons. The van der Waals surface area contributed by atoms with Gasteiger partial charge in [-0.25, -0.2) is 9.97 Å². The number of nitrogens with zero attached hydrogens (tertiary/aromatic N) is 4. The van der Waals surface area contributed by atoms with Crippen LogP contribution >= 0.6 is 23.2 Å². The molecule has 3 N–H and O–H groups in total. The number of aryl methyl sites for hydroxylation is 1. The minimum absolute atomic E-state index is 0.0817. The molecular weight excluding hydrogens is 497 g/mol. The number of carbonyl (C=O) groups is 1. The van der Waals surface area contributed by atoms with E-state index in [1.165, 1.54) is 12.1 Å². The van der Waals surface area contributed by atoms with E-state index < -0.39 is 23.1 Å². The Morgan fingerprint density at radius 1 is 1.11 bits per heavy atom. The van der Waals surface area contributed by atoms with Crippen molar-refractivity contribution in [1.82, 2.24) is 20.4 Å². The van der Waals surface area contributed by atoms with Crippen LogP contribution in [0.25, 0.3) is 10.9 Å². The molecule has 0 unspecified atom stereocenters. The largest absolute Gasteiger partial charge is 0.482 e. The summed E-state index contributed by atoms with van der Waals surface area (Å²) in [5.74, 6) is -0.687. The van der Waals surface area contributed by atoms with E-state index in [0.717, 1.165) is 17.4 Å². The van der Waals surface area contributed by atoms with Crippen LogP contribution < -0.4 is 20.9 Å². The average Bonchev–Trinajstić information content (AvgIpc) is 2.82. The summed E-state index contributed by atoms with van der Waals surface area (Å²) >= 11 is 11.8. The number of amides is 1. The van der Waals surface area contributed by atoms with Crippen LogP contribution in [0.1, 0.15) is 5.69 Å². The fourth-order valence-electron chi connectivity index (χ4n) is 3.11. The first-order valence-electron chi connectivity index (χ1n) is 10.1. The van der Waals surface area contributed by atoms with Gasteiger partial charge in [-0.05, 0) is 37.3 Å². The predicted molar refractivity (Wildman–Crippen MR) is 132 cm³/mol. The topological polar surface area (TPSA) is 144 Å². The fraction of sp³-hybridized carbons (Fsp3) is 0.0909. The lowest BCUT2D eigenvalue weighted by Crippen LogP contribution is -2.34. The average molecular weight is 514 g/mol. The van der Waals surface area contributed by atoms with E-state index in [9.17, 15) is 14.9 Å². The van der Waals surface area contributed by atoms with Gasteiger partial charge in [-0.1, -0.05) is 41.4 Å². The SMILES string of the molecule is Cc1ccc2cccc(Nc3ncnc(NNC(=O)COc4ccc(Cl)cc4Cl)c3[N+](=O)[O-])c2n1. The van der Waals surface area contributed by atoms with Crippen molar-refractivity contribution >= 4 is 63.0 Å². The molecule has 4 rings (SSSR count). The van der Waals surface area contributed by atoms with Crippen molar-refractivity contribution in [2.24, 2.45) is 0 Å². The van der Waals surface area contributed by atoms with Gasteiger partial charge in [0.05, 0.1) is 21.2 Å². The van der Waals surface area contributed by atoms with E-state index in [1.54, 1.807) is 18.2 Å². The summed E-state index contributed by atoms with van der Waals surface area (Å²) in [6, 6.07) is 13.7. The zero-order valence-corrected chi connectivity index (χ0v) is 19.6. The molecule has 0 saturated carbocycles. The first-order chi connectivity index (χ1) is 16.8. The molecule has 13 heteroatoms. The zero-order valence-electron chi connectivity index (χ0n) is 18.1. The summed E-state index contributed by atoms with van der Waals surface area (Å²) in [5, 5.41) is 16.3. The number of pyridine rings is 1. The molecule has 2 aromatic carbocycles. The first kappa shape index (κ1) is 23.9. The number of fused-ring (bicyclic) bond motifs is 1. The van der Waals surface area contributed by atoms with E-state index in [4.69, 9.17) is 27.9 Å². The number of halogens is 2. The van der Waals surface area contributed by atoms with Crippen LogP contribution in [0.4, 0.5) is 23.0 Å². The highest BCUT2D eigenvalue weighted by molar-refractivity contribution is 6.35. The number of hydrazine groups is 1. The quantitative estimate of drug-likeness (QED) is 0.223. The van der Waals surface area contributed by atoms with Crippen molar-refractivity contribution in [2.75, 3.05) is 17.3 Å². The summed E-state index contributed by atoms with van der Waals surface area (Å²) in [4.78, 5) is 35.8. The van der Waals surface area contributed by atoms with Crippen molar-refractivity contribution in [1.29, 1.82) is 0 Å². The molecule has 0 saturated heterocycles. The lowest BCUT2D eigenvalue weighted by Gasteiger charge is -2.12. The third-order valence-corrected chi connectivity index (χ3v) is 5.22. The summed E-state index contributed by atoms with van der Waals surface area (Å²) in [7, 11) is 0. The van der Waals surface area contributed by atoms with Gasteiger partial charge < -0.3 is 10.1 Å². The highest BCUT2D eigenvalue weighted by Gasteiger charge is 2.24. The number of anilines is 3. The number of rotatable bonds is 8. The smallest absolute Gasteiger partial charge is 0.355 e. The van der Waals surface area contributed by atoms with Gasteiger partial charge in [0.1, 0.15) is 12.1 Å². The summed E-state index contributed by atoms with van der Waals surface area (Å²) in [6.07, 6.45) is 1.12. The van der Waals surface area contributed by atoms with E-state index >= 15 is 0 Å². The molecule has 0 aliphatic heterocycles. The third-order valence-electron chi connectivity index (χ3n) is 4.69. The van der Waals surface area contributed by atoms with Gasteiger partial charge in [-0.15, -0.1) is 0 Å². The van der Waals surface area contributed by atoms with Gasteiger partial charge in [0.2, 0.25) is 11.6 Å². The standard InChI is InChI=1S/C22H17Cl2N7O4/c1-12-5-6-13-3-2-4-16(19(13)27-12)28-21-20(31(33)34)22(26-11-25-21)30-29-18(32)10-35-17-8-7-14(23)9-15(17)24/h2-9,11H,10H2,1H3,(H,29,32)(H2,25,26,28,30). The third kappa shape index (κ3) is 5.65. The summed E-state index contributed by atoms with van der Waals surface area (Å²) < 4.78 is 5.34. The lowest BCUT2D eigenvalue weighted by molar-refractivity contribution is -0.383. The number of carbonyl (C=O) groups excluding carboxylic acids is 1. The van der Waals surface area contributed by atoms with Crippen molar-refractivity contribution in [3.8, 4) is 5.75 Å². The maximum atomic E-state index is 12.2. The minimum Gasteiger partial charge on any atom is -0.482 e. The number of hydrogen-bond acceptors (Lipinski definition) is 9. The van der Waals surface area contributed by atoms with Crippen LogP contribution in [0.5, 0.6) is 5.75 Å². The Kier molecular flexibility index (Phi) is 7.09. The molecule has 0 atom stereocenters. The van der Waals surface area contributed by atoms with Crippen LogP contribution in [-0.4, -0.2) is 32.4 Å². The van der Waals surface area contributed by atoms with Crippen LogP contribution in [0, 0.1) is 17.0 Å². The van der Waals surface area contributed by atoms with Gasteiger partial charge in [0.15, 0.2) is 6.61 Å². The molecule has 0 spiro atoms. The predicted octanol–water partition coefficient (Wildman–Crippen LogP) is 4.81. The molecule has 2 heterocycles.